The van der Waals surface area contributed by atoms with Crippen molar-refractivity contribution in [2.45, 2.75) is 24.8 Å². The standard InChI is InChI=1S/C15H19NS2/c1-3-16-14(15-5-4-10-17-15)11-18-13-8-6-12(2)7-9-13/h4-10,14,16H,3,11H2,1-2H3. The molecular weight excluding hydrogens is 258 g/mol. The van der Waals surface area contributed by atoms with Gasteiger partial charge < -0.3 is 5.32 Å². The van der Waals surface area contributed by atoms with E-state index in [4.69, 9.17) is 0 Å². The second kappa shape index (κ2) is 6.98. The summed E-state index contributed by atoms with van der Waals surface area (Å²) >= 11 is 3.75. The molecule has 0 saturated carbocycles. The van der Waals surface area contributed by atoms with Gasteiger partial charge in [-0.15, -0.1) is 23.1 Å². The average molecular weight is 277 g/mol. The highest BCUT2D eigenvalue weighted by Gasteiger charge is 2.11. The molecule has 0 amide bonds. The van der Waals surface area contributed by atoms with Crippen LogP contribution in [0.5, 0.6) is 0 Å². The molecule has 18 heavy (non-hydrogen) atoms. The largest absolute Gasteiger partial charge is 0.309 e. The van der Waals surface area contributed by atoms with Crippen molar-refractivity contribution in [3.05, 3.63) is 52.2 Å². The van der Waals surface area contributed by atoms with Crippen LogP contribution in [0.4, 0.5) is 0 Å². The van der Waals surface area contributed by atoms with Gasteiger partial charge in [-0.1, -0.05) is 30.7 Å². The molecule has 1 nitrogen and oxygen atoms in total. The topological polar surface area (TPSA) is 12.0 Å². The summed E-state index contributed by atoms with van der Waals surface area (Å²) in [6.45, 7) is 5.30. The van der Waals surface area contributed by atoms with Crippen molar-refractivity contribution in [3.63, 3.8) is 0 Å². The molecule has 0 aliphatic heterocycles. The molecule has 0 radical (unpaired) electrons. The Balaban J connectivity index is 1.95. The molecule has 0 spiro atoms. The number of thiophene rings is 1. The molecule has 1 heterocycles. The predicted molar refractivity (Wildman–Crippen MR) is 82.6 cm³/mol. The van der Waals surface area contributed by atoms with E-state index in [0.29, 0.717) is 6.04 Å². The Hall–Kier alpha value is -0.770. The molecule has 1 atom stereocenters. The van der Waals surface area contributed by atoms with Crippen LogP contribution in [0.3, 0.4) is 0 Å². The molecule has 2 rings (SSSR count). The summed E-state index contributed by atoms with van der Waals surface area (Å²) < 4.78 is 0. The van der Waals surface area contributed by atoms with Crippen LogP contribution < -0.4 is 5.32 Å². The van der Waals surface area contributed by atoms with Gasteiger partial charge in [0.1, 0.15) is 0 Å². The molecule has 2 aromatic rings. The first-order chi connectivity index (χ1) is 8.79. The summed E-state index contributed by atoms with van der Waals surface area (Å²) in [6.07, 6.45) is 0. The van der Waals surface area contributed by atoms with Crippen molar-refractivity contribution in [2.24, 2.45) is 0 Å². The van der Waals surface area contributed by atoms with E-state index in [1.54, 1.807) is 0 Å². The highest BCUT2D eigenvalue weighted by Crippen LogP contribution is 2.27. The second-order valence-corrected chi connectivity index (χ2v) is 6.32. The smallest absolute Gasteiger partial charge is 0.0510 e. The first kappa shape index (κ1) is 13.7. The minimum absolute atomic E-state index is 0.460. The SMILES string of the molecule is CCNC(CSc1ccc(C)cc1)c1cccs1. The highest BCUT2D eigenvalue weighted by atomic mass is 32.2. The van der Waals surface area contributed by atoms with Crippen molar-refractivity contribution < 1.29 is 0 Å². The van der Waals surface area contributed by atoms with Gasteiger partial charge in [0.2, 0.25) is 0 Å². The van der Waals surface area contributed by atoms with Crippen LogP contribution >= 0.6 is 23.1 Å². The van der Waals surface area contributed by atoms with Gasteiger partial charge >= 0.3 is 0 Å². The van der Waals surface area contributed by atoms with Crippen LogP contribution in [0.2, 0.25) is 0 Å². The van der Waals surface area contributed by atoms with Gasteiger partial charge in [0.25, 0.3) is 0 Å². The number of rotatable bonds is 6. The number of benzene rings is 1. The molecule has 3 heteroatoms. The van der Waals surface area contributed by atoms with Crippen molar-refractivity contribution in [2.75, 3.05) is 12.3 Å². The molecule has 0 aliphatic rings. The van der Waals surface area contributed by atoms with E-state index in [9.17, 15) is 0 Å². The molecule has 0 fully saturated rings. The minimum atomic E-state index is 0.460. The van der Waals surface area contributed by atoms with E-state index < -0.39 is 0 Å². The van der Waals surface area contributed by atoms with Crippen molar-refractivity contribution in [1.82, 2.24) is 5.32 Å². The fourth-order valence-electron chi connectivity index (χ4n) is 1.79. The molecule has 1 aromatic heterocycles. The fourth-order valence-corrected chi connectivity index (χ4v) is 3.68. The second-order valence-electron chi connectivity index (χ2n) is 4.25. The van der Waals surface area contributed by atoms with Crippen molar-refractivity contribution in [3.8, 4) is 0 Å². The van der Waals surface area contributed by atoms with Crippen LogP contribution in [0.15, 0.2) is 46.7 Å². The Kier molecular flexibility index (Phi) is 5.29. The van der Waals surface area contributed by atoms with Crippen molar-refractivity contribution >= 4 is 23.1 Å². The summed E-state index contributed by atoms with van der Waals surface area (Å²) in [5, 5.41) is 5.71. The predicted octanol–water partition coefficient (Wildman–Crippen LogP) is 4.50. The molecule has 1 aromatic carbocycles. The highest BCUT2D eigenvalue weighted by molar-refractivity contribution is 7.99. The maximum atomic E-state index is 3.56. The van der Waals surface area contributed by atoms with Gasteiger partial charge in [-0.3, -0.25) is 0 Å². The zero-order valence-electron chi connectivity index (χ0n) is 10.8. The van der Waals surface area contributed by atoms with Crippen molar-refractivity contribution in [1.29, 1.82) is 0 Å². The van der Waals surface area contributed by atoms with E-state index in [0.717, 1.165) is 12.3 Å². The lowest BCUT2D eigenvalue weighted by atomic mass is 10.2. The summed E-state index contributed by atoms with van der Waals surface area (Å²) in [5.74, 6) is 1.08. The summed E-state index contributed by atoms with van der Waals surface area (Å²) in [4.78, 5) is 2.77. The van der Waals surface area contributed by atoms with Crippen LogP contribution in [0.1, 0.15) is 23.4 Å². The molecule has 1 N–H and O–H groups in total. The zero-order valence-corrected chi connectivity index (χ0v) is 12.5. The third-order valence-electron chi connectivity index (χ3n) is 2.77. The van der Waals surface area contributed by atoms with Gasteiger partial charge in [-0.05, 0) is 37.0 Å². The molecule has 0 saturated heterocycles. The normalized spacial score (nSPS) is 12.6. The van der Waals surface area contributed by atoms with E-state index in [1.807, 2.05) is 23.1 Å². The Morgan fingerprint density at radius 2 is 2.00 bits per heavy atom. The maximum absolute atomic E-state index is 3.56. The lowest BCUT2D eigenvalue weighted by Gasteiger charge is -2.16. The zero-order chi connectivity index (χ0) is 12.8. The average Bonchev–Trinajstić information content (AvgIpc) is 2.90. The van der Waals surface area contributed by atoms with Gasteiger partial charge in [0.05, 0.1) is 6.04 Å². The Labute approximate surface area is 118 Å². The number of aryl methyl sites for hydroxylation is 1. The van der Waals surface area contributed by atoms with E-state index >= 15 is 0 Å². The molecular formula is C15H19NS2. The van der Waals surface area contributed by atoms with Gasteiger partial charge in [0.15, 0.2) is 0 Å². The molecule has 0 aliphatic carbocycles. The third-order valence-corrected chi connectivity index (χ3v) is 4.87. The number of hydrogen-bond donors (Lipinski definition) is 1. The van der Waals surface area contributed by atoms with Crippen LogP contribution in [0, 0.1) is 6.92 Å². The lowest BCUT2D eigenvalue weighted by molar-refractivity contribution is 0.615. The minimum Gasteiger partial charge on any atom is -0.309 e. The molecule has 1 unspecified atom stereocenters. The monoisotopic (exact) mass is 277 g/mol. The van der Waals surface area contributed by atoms with E-state index in [-0.39, 0.29) is 0 Å². The third kappa shape index (κ3) is 3.87. The van der Waals surface area contributed by atoms with Gasteiger partial charge in [0, 0.05) is 15.5 Å². The number of hydrogen-bond acceptors (Lipinski definition) is 3. The first-order valence-corrected chi connectivity index (χ1v) is 8.12. The summed E-state index contributed by atoms with van der Waals surface area (Å²) in [7, 11) is 0. The summed E-state index contributed by atoms with van der Waals surface area (Å²) in [6, 6.07) is 13.6. The number of thioether (sulfide) groups is 1. The van der Waals surface area contributed by atoms with Crippen LogP contribution in [0.25, 0.3) is 0 Å². The maximum Gasteiger partial charge on any atom is 0.0510 e. The van der Waals surface area contributed by atoms with Gasteiger partial charge in [-0.2, -0.15) is 0 Å². The molecule has 96 valence electrons. The Morgan fingerprint density at radius 1 is 1.22 bits per heavy atom. The lowest BCUT2D eigenvalue weighted by Crippen LogP contribution is -2.21. The fraction of sp³-hybridized carbons (Fsp3) is 0.333. The van der Waals surface area contributed by atoms with Gasteiger partial charge in [-0.25, -0.2) is 0 Å². The van der Waals surface area contributed by atoms with E-state index in [2.05, 4.69) is 60.9 Å². The quantitative estimate of drug-likeness (QED) is 0.780. The Bertz CT molecular complexity index is 448. The van der Waals surface area contributed by atoms with Crippen LogP contribution in [-0.2, 0) is 0 Å². The Morgan fingerprint density at radius 3 is 2.61 bits per heavy atom. The summed E-state index contributed by atoms with van der Waals surface area (Å²) in [5.41, 5.74) is 1.32. The van der Waals surface area contributed by atoms with E-state index in [1.165, 1.54) is 15.3 Å². The van der Waals surface area contributed by atoms with Crippen LogP contribution in [-0.4, -0.2) is 12.3 Å². The molecule has 0 bridgehead atoms. The number of nitrogens with one attached hydrogen (secondary N) is 1. The first-order valence-electron chi connectivity index (χ1n) is 6.26.